The van der Waals surface area contributed by atoms with Gasteiger partial charge in [-0.05, 0) is 48.9 Å². The van der Waals surface area contributed by atoms with Crippen LogP contribution in [-0.4, -0.2) is 47.6 Å². The molecule has 10 nitrogen and oxygen atoms in total. The van der Waals surface area contributed by atoms with Gasteiger partial charge >= 0.3 is 11.9 Å². The van der Waals surface area contributed by atoms with Gasteiger partial charge in [0, 0.05) is 34.9 Å². The van der Waals surface area contributed by atoms with E-state index in [0.717, 1.165) is 16.5 Å². The first kappa shape index (κ1) is 25.4. The number of anilines is 1. The lowest BCUT2D eigenvalue weighted by Crippen LogP contribution is -2.12. The first-order chi connectivity index (χ1) is 14.2. The molecule has 0 fully saturated rings. The third-order valence-corrected chi connectivity index (χ3v) is 5.24. The van der Waals surface area contributed by atoms with Crippen LogP contribution in [0.2, 0.25) is 0 Å². The molecule has 11 heteroatoms. The Morgan fingerprint density at radius 2 is 1.65 bits per heavy atom. The summed E-state index contributed by atoms with van der Waals surface area (Å²) in [5.41, 5.74) is 8.06. The van der Waals surface area contributed by atoms with Gasteiger partial charge in [0.25, 0.3) is 10.0 Å². The lowest BCUT2D eigenvalue weighted by atomic mass is 10.1. The van der Waals surface area contributed by atoms with Crippen molar-refractivity contribution < 1.29 is 33.7 Å². The second-order valence-corrected chi connectivity index (χ2v) is 7.72. The predicted octanol–water partition coefficient (Wildman–Crippen LogP) is 1.36. The summed E-state index contributed by atoms with van der Waals surface area (Å²) in [7, 11) is -3.61. The maximum absolute atomic E-state index is 12.5. The maximum atomic E-state index is 12.5. The minimum atomic E-state index is -3.61. The van der Waals surface area contributed by atoms with Crippen LogP contribution in [0.4, 0.5) is 5.69 Å². The summed E-state index contributed by atoms with van der Waals surface area (Å²) in [5.74, 6) is -2.51. The molecule has 0 aliphatic heterocycles. The molecule has 0 aliphatic carbocycles. The standard InChI is InChI=1S/C16H17N3O2S.C4H4O4.H2O/c17-9-8-12-11-18-16-7-6-14(10-15(12)16)22(20,21)19-13-4-2-1-3-5-13;5-3(6)1-2-4(7)8;/h1-7,10-11,18-19H,8-9,17H2;1-2H,(H,5,6)(H,7,8);1H2. The van der Waals surface area contributed by atoms with E-state index in [4.69, 9.17) is 15.9 Å². The van der Waals surface area contributed by atoms with Gasteiger partial charge in [-0.2, -0.15) is 0 Å². The molecule has 31 heavy (non-hydrogen) atoms. The molecule has 0 atom stereocenters. The van der Waals surface area contributed by atoms with Gasteiger partial charge in [-0.25, -0.2) is 18.0 Å². The van der Waals surface area contributed by atoms with Crippen molar-refractivity contribution in [2.75, 3.05) is 11.3 Å². The van der Waals surface area contributed by atoms with E-state index in [1.165, 1.54) is 0 Å². The van der Waals surface area contributed by atoms with Crippen molar-refractivity contribution in [2.24, 2.45) is 5.73 Å². The Morgan fingerprint density at radius 3 is 2.19 bits per heavy atom. The Labute approximate surface area is 178 Å². The SMILES string of the molecule is NCCc1c[nH]c2ccc(S(=O)(=O)Nc3ccccc3)cc12.O.O=C(O)C=CC(=O)O. The van der Waals surface area contributed by atoms with Gasteiger partial charge < -0.3 is 26.4 Å². The number of carbonyl (C=O) groups is 2. The Bertz CT molecular complexity index is 1140. The fraction of sp³-hybridized carbons (Fsp3) is 0.100. The Hall–Kier alpha value is -3.67. The van der Waals surface area contributed by atoms with Gasteiger partial charge in [0.05, 0.1) is 4.90 Å². The highest BCUT2D eigenvalue weighted by molar-refractivity contribution is 7.92. The number of aromatic nitrogens is 1. The van der Waals surface area contributed by atoms with E-state index in [-0.39, 0.29) is 10.4 Å². The number of fused-ring (bicyclic) bond motifs is 1. The summed E-state index contributed by atoms with van der Waals surface area (Å²) in [6.07, 6.45) is 3.69. The lowest BCUT2D eigenvalue weighted by molar-refractivity contribution is -0.134. The molecule has 0 amide bonds. The number of carboxylic acid groups (broad SMARTS) is 2. The molecule has 0 aliphatic rings. The number of hydrogen-bond acceptors (Lipinski definition) is 5. The Kier molecular flexibility index (Phi) is 9.41. The molecule has 0 saturated carbocycles. The van der Waals surface area contributed by atoms with Gasteiger partial charge in [0.1, 0.15) is 0 Å². The number of rotatable bonds is 7. The number of nitrogens with two attached hydrogens (primary N) is 1. The normalized spacial score (nSPS) is 10.7. The molecule has 0 unspecified atom stereocenters. The lowest BCUT2D eigenvalue weighted by Gasteiger charge is -2.08. The molecular weight excluding hydrogens is 426 g/mol. The number of para-hydroxylation sites is 1. The number of aliphatic carboxylic acids is 2. The number of carboxylic acids is 2. The summed E-state index contributed by atoms with van der Waals surface area (Å²) in [5, 5.41) is 16.5. The smallest absolute Gasteiger partial charge is 0.328 e. The summed E-state index contributed by atoms with van der Waals surface area (Å²) in [6.45, 7) is 0.520. The van der Waals surface area contributed by atoms with Crippen molar-refractivity contribution in [3.05, 3.63) is 72.4 Å². The van der Waals surface area contributed by atoms with Crippen molar-refractivity contribution in [3.8, 4) is 0 Å². The molecule has 3 aromatic rings. The molecule has 166 valence electrons. The van der Waals surface area contributed by atoms with Crippen molar-refractivity contribution in [2.45, 2.75) is 11.3 Å². The first-order valence-corrected chi connectivity index (χ1v) is 10.2. The number of nitrogens with one attached hydrogen (secondary N) is 2. The highest BCUT2D eigenvalue weighted by Crippen LogP contribution is 2.24. The van der Waals surface area contributed by atoms with Crippen molar-refractivity contribution >= 4 is 38.6 Å². The zero-order valence-electron chi connectivity index (χ0n) is 16.3. The monoisotopic (exact) mass is 449 g/mol. The van der Waals surface area contributed by atoms with Gasteiger partial charge in [0.15, 0.2) is 0 Å². The van der Waals surface area contributed by atoms with Crippen molar-refractivity contribution in [3.63, 3.8) is 0 Å². The maximum Gasteiger partial charge on any atom is 0.328 e. The molecule has 1 aromatic heterocycles. The summed E-state index contributed by atoms with van der Waals surface area (Å²) in [4.78, 5) is 22.5. The van der Waals surface area contributed by atoms with Gasteiger partial charge in [-0.1, -0.05) is 18.2 Å². The zero-order valence-corrected chi connectivity index (χ0v) is 17.1. The van der Waals surface area contributed by atoms with Crippen LogP contribution in [0, 0.1) is 0 Å². The van der Waals surface area contributed by atoms with Crippen molar-refractivity contribution in [1.29, 1.82) is 0 Å². The molecular formula is C20H23N3O7S. The number of aromatic amines is 1. The minimum Gasteiger partial charge on any atom is -0.478 e. The molecule has 0 saturated heterocycles. The second-order valence-electron chi connectivity index (χ2n) is 6.04. The Balaban J connectivity index is 0.000000461. The van der Waals surface area contributed by atoms with Crippen molar-refractivity contribution in [1.82, 2.24) is 4.98 Å². The zero-order chi connectivity index (χ0) is 22.1. The number of sulfonamides is 1. The van der Waals surface area contributed by atoms with Crippen LogP contribution in [0.25, 0.3) is 10.9 Å². The summed E-state index contributed by atoms with van der Waals surface area (Å²) in [6, 6.07) is 13.9. The molecule has 0 bridgehead atoms. The highest BCUT2D eigenvalue weighted by atomic mass is 32.2. The molecule has 8 N–H and O–H groups in total. The average Bonchev–Trinajstić information content (AvgIpc) is 3.10. The van der Waals surface area contributed by atoms with E-state index in [9.17, 15) is 18.0 Å². The van der Waals surface area contributed by atoms with Crippen LogP contribution >= 0.6 is 0 Å². The molecule has 2 aromatic carbocycles. The van der Waals surface area contributed by atoms with E-state index in [2.05, 4.69) is 9.71 Å². The number of benzene rings is 2. The number of H-pyrrole nitrogens is 1. The van der Waals surface area contributed by atoms with Crippen LogP contribution in [0.5, 0.6) is 0 Å². The van der Waals surface area contributed by atoms with E-state index in [1.807, 2.05) is 12.3 Å². The number of hydrogen-bond donors (Lipinski definition) is 5. The van der Waals surface area contributed by atoms with Gasteiger partial charge in [-0.3, -0.25) is 4.72 Å². The van der Waals surface area contributed by atoms with Gasteiger partial charge in [0.2, 0.25) is 0 Å². The quantitative estimate of drug-likeness (QED) is 0.336. The first-order valence-electron chi connectivity index (χ1n) is 8.75. The fourth-order valence-corrected chi connectivity index (χ4v) is 3.63. The fourth-order valence-electron chi connectivity index (χ4n) is 2.55. The largest absolute Gasteiger partial charge is 0.478 e. The second kappa shape index (κ2) is 11.5. The van der Waals surface area contributed by atoms with E-state index in [1.54, 1.807) is 42.5 Å². The van der Waals surface area contributed by atoms with Crippen LogP contribution in [-0.2, 0) is 26.0 Å². The summed E-state index contributed by atoms with van der Waals surface area (Å²) < 4.78 is 27.6. The van der Waals surface area contributed by atoms with Crippen LogP contribution < -0.4 is 10.5 Å². The topological polar surface area (TPSA) is 194 Å². The highest BCUT2D eigenvalue weighted by Gasteiger charge is 2.16. The third kappa shape index (κ3) is 7.59. The van der Waals surface area contributed by atoms with E-state index >= 15 is 0 Å². The Morgan fingerprint density at radius 1 is 1.03 bits per heavy atom. The van der Waals surface area contributed by atoms with Crippen LogP contribution in [0.3, 0.4) is 0 Å². The van der Waals surface area contributed by atoms with Crippen LogP contribution in [0.1, 0.15) is 5.56 Å². The van der Waals surface area contributed by atoms with E-state index in [0.29, 0.717) is 30.8 Å². The average molecular weight is 449 g/mol. The molecule has 3 rings (SSSR count). The third-order valence-electron chi connectivity index (χ3n) is 3.86. The summed E-state index contributed by atoms with van der Waals surface area (Å²) >= 11 is 0. The minimum absolute atomic E-state index is 0. The molecule has 1 heterocycles. The molecule has 0 spiro atoms. The van der Waals surface area contributed by atoms with E-state index < -0.39 is 22.0 Å². The molecule has 0 radical (unpaired) electrons. The van der Waals surface area contributed by atoms with Gasteiger partial charge in [-0.15, -0.1) is 0 Å². The van der Waals surface area contributed by atoms with Crippen LogP contribution in [0.15, 0.2) is 71.8 Å². The predicted molar refractivity (Wildman–Crippen MR) is 116 cm³/mol.